The Bertz CT molecular complexity index is 395. The van der Waals surface area contributed by atoms with Crippen LogP contribution in [0.2, 0.25) is 0 Å². The molecule has 96 valence electrons. The largest absolute Gasteiger partial charge is 0.0617 e. The first-order valence-electron chi connectivity index (χ1n) is 7.77. The van der Waals surface area contributed by atoms with Crippen molar-refractivity contribution in [2.75, 3.05) is 0 Å². The van der Waals surface area contributed by atoms with E-state index in [0.717, 1.165) is 40.9 Å². The topological polar surface area (TPSA) is 0 Å². The SMILES string of the molecule is CC1C2CC3C4CC(C(C)C4(C)C1(C)C)C23C. The Morgan fingerprint density at radius 1 is 0.706 bits per heavy atom. The Hall–Kier alpha value is 0. The van der Waals surface area contributed by atoms with Crippen molar-refractivity contribution in [3.8, 4) is 0 Å². The normalized spacial score (nSPS) is 70.2. The lowest BCUT2D eigenvalue weighted by atomic mass is 9.44. The van der Waals surface area contributed by atoms with Gasteiger partial charge < -0.3 is 0 Å². The molecule has 5 fully saturated rings. The Balaban J connectivity index is 1.99. The van der Waals surface area contributed by atoms with Crippen LogP contribution in [-0.2, 0) is 0 Å². The van der Waals surface area contributed by atoms with Gasteiger partial charge in [0.2, 0.25) is 0 Å². The summed E-state index contributed by atoms with van der Waals surface area (Å²) in [6.07, 6.45) is 3.12. The molecule has 0 radical (unpaired) electrons. The van der Waals surface area contributed by atoms with Gasteiger partial charge in [-0.3, -0.25) is 0 Å². The molecule has 0 nitrogen and oxygen atoms in total. The molecular weight excluding hydrogens is 204 g/mol. The monoisotopic (exact) mass is 232 g/mol. The molecule has 0 spiro atoms. The number of fused-ring (bicyclic) bond motifs is 1. The maximum Gasteiger partial charge on any atom is -0.0212 e. The Morgan fingerprint density at radius 3 is 1.88 bits per heavy atom. The smallest absolute Gasteiger partial charge is 0.0212 e. The minimum absolute atomic E-state index is 0.541. The Labute approximate surface area is 107 Å². The summed E-state index contributed by atoms with van der Waals surface area (Å²) in [5.41, 5.74) is 1.89. The first-order valence-corrected chi connectivity index (χ1v) is 7.77. The predicted octanol–water partition coefficient (Wildman–Crippen LogP) is 4.60. The summed E-state index contributed by atoms with van der Waals surface area (Å²) >= 11 is 0. The van der Waals surface area contributed by atoms with Crippen LogP contribution in [0.25, 0.3) is 0 Å². The van der Waals surface area contributed by atoms with Crippen LogP contribution in [0.1, 0.15) is 54.4 Å². The van der Waals surface area contributed by atoms with E-state index < -0.39 is 0 Å². The van der Waals surface area contributed by atoms with Crippen molar-refractivity contribution in [1.29, 1.82) is 0 Å². The van der Waals surface area contributed by atoms with E-state index in [4.69, 9.17) is 0 Å². The molecular formula is C17H28. The summed E-state index contributed by atoms with van der Waals surface area (Å²) in [7, 11) is 0. The maximum absolute atomic E-state index is 2.66. The molecule has 5 bridgehead atoms. The van der Waals surface area contributed by atoms with Gasteiger partial charge in [0.1, 0.15) is 0 Å². The summed E-state index contributed by atoms with van der Waals surface area (Å²) in [5.74, 6) is 6.09. The molecule has 5 aliphatic rings. The quantitative estimate of drug-likeness (QED) is 0.573. The summed E-state index contributed by atoms with van der Waals surface area (Å²) in [5, 5.41) is 0. The van der Waals surface area contributed by atoms with Gasteiger partial charge >= 0.3 is 0 Å². The molecule has 0 heteroatoms. The first-order chi connectivity index (χ1) is 7.77. The van der Waals surface area contributed by atoms with E-state index in [1.807, 2.05) is 0 Å². The Kier molecular flexibility index (Phi) is 1.60. The highest BCUT2D eigenvalue weighted by Gasteiger charge is 2.79. The average Bonchev–Trinajstić information content (AvgIpc) is 2.58. The number of hydrogen-bond donors (Lipinski definition) is 0. The van der Waals surface area contributed by atoms with Crippen molar-refractivity contribution in [1.82, 2.24) is 0 Å². The molecule has 0 saturated heterocycles. The minimum atomic E-state index is 0.541. The fraction of sp³-hybridized carbons (Fsp3) is 1.00. The lowest BCUT2D eigenvalue weighted by molar-refractivity contribution is -0.123. The van der Waals surface area contributed by atoms with E-state index in [9.17, 15) is 0 Å². The van der Waals surface area contributed by atoms with Gasteiger partial charge in [-0.1, -0.05) is 41.5 Å². The molecule has 0 heterocycles. The van der Waals surface area contributed by atoms with Crippen LogP contribution < -0.4 is 0 Å². The van der Waals surface area contributed by atoms with Crippen molar-refractivity contribution in [3.05, 3.63) is 0 Å². The van der Waals surface area contributed by atoms with Crippen LogP contribution in [0.5, 0.6) is 0 Å². The molecule has 8 unspecified atom stereocenters. The van der Waals surface area contributed by atoms with E-state index in [1.54, 1.807) is 12.8 Å². The lowest BCUT2D eigenvalue weighted by Crippen LogP contribution is -2.55. The summed E-state index contributed by atoms with van der Waals surface area (Å²) in [4.78, 5) is 0. The van der Waals surface area contributed by atoms with Crippen LogP contribution >= 0.6 is 0 Å². The van der Waals surface area contributed by atoms with Crippen LogP contribution in [0, 0.1) is 51.8 Å². The molecule has 0 aromatic rings. The van der Waals surface area contributed by atoms with Crippen molar-refractivity contribution in [3.63, 3.8) is 0 Å². The molecule has 0 aromatic heterocycles. The third-order valence-electron chi connectivity index (χ3n) is 9.35. The van der Waals surface area contributed by atoms with E-state index in [2.05, 4.69) is 41.5 Å². The highest BCUT2D eigenvalue weighted by molar-refractivity contribution is 5.27. The molecule has 5 saturated carbocycles. The fourth-order valence-corrected chi connectivity index (χ4v) is 7.70. The molecule has 0 aromatic carbocycles. The highest BCUT2D eigenvalue weighted by atomic mass is 14.8. The van der Waals surface area contributed by atoms with Crippen molar-refractivity contribution in [2.45, 2.75) is 54.4 Å². The summed E-state index contributed by atoms with van der Waals surface area (Å²) < 4.78 is 0. The number of hydrogen-bond acceptors (Lipinski definition) is 0. The molecule has 8 atom stereocenters. The summed E-state index contributed by atoms with van der Waals surface area (Å²) in [6, 6.07) is 0. The van der Waals surface area contributed by atoms with Gasteiger partial charge in [-0.2, -0.15) is 0 Å². The average molecular weight is 232 g/mol. The zero-order valence-corrected chi connectivity index (χ0v) is 12.4. The van der Waals surface area contributed by atoms with Gasteiger partial charge in [-0.05, 0) is 64.6 Å². The van der Waals surface area contributed by atoms with Gasteiger partial charge in [0.25, 0.3) is 0 Å². The van der Waals surface area contributed by atoms with Crippen molar-refractivity contribution < 1.29 is 0 Å². The van der Waals surface area contributed by atoms with Crippen LogP contribution in [0.3, 0.4) is 0 Å². The summed E-state index contributed by atoms with van der Waals surface area (Å²) in [6.45, 7) is 15.6. The third-order valence-corrected chi connectivity index (χ3v) is 9.35. The van der Waals surface area contributed by atoms with Gasteiger partial charge in [0.15, 0.2) is 0 Å². The minimum Gasteiger partial charge on any atom is -0.0617 e. The first kappa shape index (κ1) is 10.9. The second-order valence-electron chi connectivity index (χ2n) is 8.85. The van der Waals surface area contributed by atoms with Crippen molar-refractivity contribution in [2.24, 2.45) is 51.8 Å². The van der Waals surface area contributed by atoms with E-state index in [0.29, 0.717) is 10.8 Å². The maximum atomic E-state index is 2.66. The van der Waals surface area contributed by atoms with E-state index >= 15 is 0 Å². The van der Waals surface area contributed by atoms with Gasteiger partial charge in [0, 0.05) is 0 Å². The number of rotatable bonds is 0. The second-order valence-corrected chi connectivity index (χ2v) is 8.85. The third kappa shape index (κ3) is 0.742. The van der Waals surface area contributed by atoms with Crippen molar-refractivity contribution >= 4 is 0 Å². The van der Waals surface area contributed by atoms with Gasteiger partial charge in [-0.15, -0.1) is 0 Å². The predicted molar refractivity (Wildman–Crippen MR) is 71.5 cm³/mol. The van der Waals surface area contributed by atoms with E-state index in [-0.39, 0.29) is 0 Å². The molecule has 0 amide bonds. The van der Waals surface area contributed by atoms with Crippen LogP contribution in [0.4, 0.5) is 0 Å². The molecule has 5 rings (SSSR count). The molecule has 0 aliphatic heterocycles. The lowest BCUT2D eigenvalue weighted by Gasteiger charge is -2.60. The van der Waals surface area contributed by atoms with E-state index in [1.165, 1.54) is 0 Å². The molecule has 17 heavy (non-hydrogen) atoms. The standard InChI is InChI=1S/C17H28/c1-9-11-7-13-14-8-12(16(11,13)5)10(2)17(14,6)15(9,3)4/h9-14H,7-8H2,1-6H3. The highest BCUT2D eigenvalue weighted by Crippen LogP contribution is 2.85. The van der Waals surface area contributed by atoms with Crippen LogP contribution in [-0.4, -0.2) is 0 Å². The molecule has 5 aliphatic carbocycles. The van der Waals surface area contributed by atoms with Gasteiger partial charge in [-0.25, -0.2) is 0 Å². The Morgan fingerprint density at radius 2 is 1.24 bits per heavy atom. The van der Waals surface area contributed by atoms with Gasteiger partial charge in [0.05, 0.1) is 0 Å². The fourth-order valence-electron chi connectivity index (χ4n) is 7.70. The van der Waals surface area contributed by atoms with Crippen LogP contribution in [0.15, 0.2) is 0 Å². The zero-order valence-electron chi connectivity index (χ0n) is 12.4. The second kappa shape index (κ2) is 2.49. The zero-order chi connectivity index (χ0) is 12.4. The molecule has 0 N–H and O–H groups in total.